The number of nitriles is 1. The Hall–Kier alpha value is -4.04. The predicted molar refractivity (Wildman–Crippen MR) is 163 cm³/mol. The number of aromatic nitrogens is 3. The molecule has 0 unspecified atom stereocenters. The normalized spacial score (nSPS) is 21.6. The third-order valence-corrected chi connectivity index (χ3v) is 8.21. The Balaban J connectivity index is 1.38. The molecule has 0 saturated carbocycles. The Kier molecular flexibility index (Phi) is 9.13. The third kappa shape index (κ3) is 6.20. The zero-order valence-electron chi connectivity index (χ0n) is 23.8. The second-order valence-corrected chi connectivity index (χ2v) is 11.1. The molecule has 8 nitrogen and oxygen atoms in total. The van der Waals surface area contributed by atoms with Crippen LogP contribution < -0.4 is 0 Å². The van der Waals surface area contributed by atoms with E-state index in [0.717, 1.165) is 27.2 Å². The van der Waals surface area contributed by atoms with Gasteiger partial charge in [0.1, 0.15) is 35.7 Å². The lowest BCUT2D eigenvalue weighted by atomic mass is 9.92. The minimum Gasteiger partial charge on any atom is -0.374 e. The summed E-state index contributed by atoms with van der Waals surface area (Å²) in [6.45, 7) is 1.21. The van der Waals surface area contributed by atoms with Gasteiger partial charge in [0.05, 0.1) is 37.6 Å². The molecule has 43 heavy (non-hydrogen) atoms. The highest BCUT2D eigenvalue weighted by Gasteiger charge is 2.60. The molecule has 0 aliphatic carbocycles. The molecule has 4 atom stereocenters. The highest BCUT2D eigenvalue weighted by molar-refractivity contribution is 7.98. The number of fused-ring (bicyclic) bond motifs is 1. The van der Waals surface area contributed by atoms with E-state index in [9.17, 15) is 5.26 Å². The number of benzene rings is 3. The summed E-state index contributed by atoms with van der Waals surface area (Å²) >= 11 is 1.51. The summed E-state index contributed by atoms with van der Waals surface area (Å²) in [5.41, 5.74) is 2.84. The third-order valence-electron chi connectivity index (χ3n) is 7.51. The first-order valence-corrected chi connectivity index (χ1v) is 15.3. The van der Waals surface area contributed by atoms with Crippen LogP contribution in [0.4, 0.5) is 0 Å². The summed E-state index contributed by atoms with van der Waals surface area (Å²) in [4.78, 5) is 4.40. The number of ether oxygens (including phenoxy) is 4. The molecular formula is C34H32N4O4S. The van der Waals surface area contributed by atoms with E-state index in [1.807, 2.05) is 109 Å². The van der Waals surface area contributed by atoms with Gasteiger partial charge in [-0.3, -0.25) is 0 Å². The van der Waals surface area contributed by atoms with Crippen LogP contribution in [0.1, 0.15) is 22.4 Å². The van der Waals surface area contributed by atoms with Crippen molar-refractivity contribution in [2.24, 2.45) is 0 Å². The van der Waals surface area contributed by atoms with Crippen LogP contribution in [0.5, 0.6) is 0 Å². The van der Waals surface area contributed by atoms with Gasteiger partial charge in [0.25, 0.3) is 0 Å². The Morgan fingerprint density at radius 2 is 1.44 bits per heavy atom. The Morgan fingerprint density at radius 3 is 2.05 bits per heavy atom. The van der Waals surface area contributed by atoms with Crippen LogP contribution in [0, 0.1) is 11.3 Å². The number of nitrogens with zero attached hydrogens (tertiary/aromatic N) is 4. The van der Waals surface area contributed by atoms with Crippen LogP contribution >= 0.6 is 11.8 Å². The van der Waals surface area contributed by atoms with Crippen molar-refractivity contribution in [3.63, 3.8) is 0 Å². The van der Waals surface area contributed by atoms with Gasteiger partial charge < -0.3 is 18.9 Å². The lowest BCUT2D eigenvalue weighted by molar-refractivity contribution is -0.0971. The molecule has 3 heterocycles. The fourth-order valence-corrected chi connectivity index (χ4v) is 5.95. The minimum absolute atomic E-state index is 0.206. The van der Waals surface area contributed by atoms with Gasteiger partial charge >= 0.3 is 0 Å². The van der Waals surface area contributed by atoms with Crippen molar-refractivity contribution in [1.29, 1.82) is 5.26 Å². The molecule has 2 aromatic heterocycles. The molecule has 0 radical (unpaired) electrons. The van der Waals surface area contributed by atoms with Crippen LogP contribution in [-0.2, 0) is 44.4 Å². The fraction of sp³-hybridized carbons (Fsp3) is 0.265. The first kappa shape index (κ1) is 29.1. The van der Waals surface area contributed by atoms with Crippen LogP contribution in [0.25, 0.3) is 5.52 Å². The molecule has 1 aliphatic rings. The fourth-order valence-electron chi connectivity index (χ4n) is 5.43. The molecule has 1 aliphatic heterocycles. The van der Waals surface area contributed by atoms with Crippen molar-refractivity contribution >= 4 is 17.3 Å². The summed E-state index contributed by atoms with van der Waals surface area (Å²) in [5.74, 6) is 0. The smallest absolute Gasteiger partial charge is 0.225 e. The van der Waals surface area contributed by atoms with Gasteiger partial charge in [-0.15, -0.1) is 11.8 Å². The molecule has 0 amide bonds. The van der Waals surface area contributed by atoms with Crippen molar-refractivity contribution in [1.82, 2.24) is 14.6 Å². The first-order valence-electron chi connectivity index (χ1n) is 14.1. The molecule has 6 rings (SSSR count). The van der Waals surface area contributed by atoms with Crippen LogP contribution in [0.15, 0.2) is 114 Å². The van der Waals surface area contributed by atoms with Gasteiger partial charge in [0.2, 0.25) is 5.60 Å². The van der Waals surface area contributed by atoms with Crippen LogP contribution in [-0.4, -0.2) is 45.8 Å². The largest absolute Gasteiger partial charge is 0.374 e. The molecule has 3 aromatic carbocycles. The zero-order chi connectivity index (χ0) is 29.5. The molecule has 0 N–H and O–H groups in total. The second kappa shape index (κ2) is 13.5. The standard InChI is InChI=1S/C34H32N4O4S/c1-43-33-28-17-18-30(38(28)37-24-36-33)34(23-35)32(41-21-27-15-9-4-10-16-27)31(40-20-26-13-7-3-8-14-26)29(42-34)22-39-19-25-11-5-2-6-12-25/h2-18,24,29,31-32H,19-22H2,1H3/t29-,31-,32-,34+/m1/s1. The van der Waals surface area contributed by atoms with E-state index < -0.39 is 23.9 Å². The summed E-state index contributed by atoms with van der Waals surface area (Å²) in [5, 5.41) is 16.3. The number of hydrogen-bond donors (Lipinski definition) is 0. The Labute approximate surface area is 255 Å². The van der Waals surface area contributed by atoms with E-state index in [0.29, 0.717) is 18.9 Å². The van der Waals surface area contributed by atoms with E-state index in [2.05, 4.69) is 16.2 Å². The van der Waals surface area contributed by atoms with Gasteiger partial charge in [-0.25, -0.2) is 9.50 Å². The molecule has 1 saturated heterocycles. The average Bonchev–Trinajstić information content (AvgIpc) is 3.64. The summed E-state index contributed by atoms with van der Waals surface area (Å²) in [7, 11) is 0. The molecule has 1 fully saturated rings. The Bertz CT molecular complexity index is 1660. The van der Waals surface area contributed by atoms with Crippen molar-refractivity contribution < 1.29 is 18.9 Å². The van der Waals surface area contributed by atoms with E-state index in [4.69, 9.17) is 18.9 Å². The number of hydrogen-bond acceptors (Lipinski definition) is 8. The predicted octanol–water partition coefficient (Wildman–Crippen LogP) is 5.96. The van der Waals surface area contributed by atoms with E-state index in [1.54, 1.807) is 4.52 Å². The highest BCUT2D eigenvalue weighted by Crippen LogP contribution is 2.44. The van der Waals surface area contributed by atoms with E-state index in [1.165, 1.54) is 18.1 Å². The van der Waals surface area contributed by atoms with Crippen molar-refractivity contribution in [3.8, 4) is 6.07 Å². The maximum Gasteiger partial charge on any atom is 0.225 e. The van der Waals surface area contributed by atoms with Gasteiger partial charge in [-0.05, 0) is 35.1 Å². The van der Waals surface area contributed by atoms with Gasteiger partial charge in [-0.2, -0.15) is 10.4 Å². The molecule has 0 bridgehead atoms. The monoisotopic (exact) mass is 592 g/mol. The molecule has 218 valence electrons. The lowest BCUT2D eigenvalue weighted by Gasteiger charge is -2.29. The van der Waals surface area contributed by atoms with E-state index >= 15 is 0 Å². The van der Waals surface area contributed by atoms with Crippen molar-refractivity contribution in [2.45, 2.75) is 48.8 Å². The second-order valence-electron chi connectivity index (χ2n) is 10.3. The maximum absolute atomic E-state index is 11.0. The maximum atomic E-state index is 11.0. The molecule has 5 aromatic rings. The average molecular weight is 593 g/mol. The van der Waals surface area contributed by atoms with Gasteiger partial charge in [0, 0.05) is 0 Å². The topological polar surface area (TPSA) is 90.9 Å². The Morgan fingerprint density at radius 1 is 0.837 bits per heavy atom. The summed E-state index contributed by atoms with van der Waals surface area (Å²) in [6.07, 6.45) is 1.44. The van der Waals surface area contributed by atoms with Gasteiger partial charge in [0.15, 0.2) is 0 Å². The molecular weight excluding hydrogens is 560 g/mol. The lowest BCUT2D eigenvalue weighted by Crippen LogP contribution is -2.44. The van der Waals surface area contributed by atoms with Crippen molar-refractivity contribution in [2.75, 3.05) is 12.9 Å². The van der Waals surface area contributed by atoms with Crippen LogP contribution in [0.3, 0.4) is 0 Å². The zero-order valence-corrected chi connectivity index (χ0v) is 24.6. The highest BCUT2D eigenvalue weighted by atomic mass is 32.2. The number of rotatable bonds is 12. The van der Waals surface area contributed by atoms with Gasteiger partial charge in [-0.1, -0.05) is 91.0 Å². The molecule has 9 heteroatoms. The quantitative estimate of drug-likeness (QED) is 0.164. The van der Waals surface area contributed by atoms with Crippen LogP contribution in [0.2, 0.25) is 0 Å². The SMILES string of the molecule is CSc1ncnn2c([C@]3(C#N)O[C@H](COCc4ccccc4)[C@@H](OCc4ccccc4)[C@H]3OCc3ccccc3)ccc12. The summed E-state index contributed by atoms with van der Waals surface area (Å²) in [6, 6.07) is 36.1. The van der Waals surface area contributed by atoms with E-state index in [-0.39, 0.29) is 13.2 Å². The number of thioether (sulfide) groups is 1. The summed E-state index contributed by atoms with van der Waals surface area (Å²) < 4.78 is 27.9. The van der Waals surface area contributed by atoms with Crippen molar-refractivity contribution in [3.05, 3.63) is 132 Å². The first-order chi connectivity index (χ1) is 21.2. The molecule has 0 spiro atoms. The minimum atomic E-state index is -1.53.